The summed E-state index contributed by atoms with van der Waals surface area (Å²) in [5.41, 5.74) is 6.85. The van der Waals surface area contributed by atoms with E-state index in [1.807, 2.05) is 18.2 Å². The molecule has 30 heavy (non-hydrogen) atoms. The van der Waals surface area contributed by atoms with Gasteiger partial charge in [0.15, 0.2) is 5.78 Å². The lowest BCUT2D eigenvalue weighted by Crippen LogP contribution is -2.14. The lowest BCUT2D eigenvalue weighted by Gasteiger charge is -2.30. The minimum atomic E-state index is 0.182. The highest BCUT2D eigenvalue weighted by Gasteiger charge is 2.25. The van der Waals surface area contributed by atoms with E-state index in [4.69, 9.17) is 0 Å². The maximum Gasteiger partial charge on any atom is 0.193 e. The van der Waals surface area contributed by atoms with Crippen molar-refractivity contribution in [1.29, 1.82) is 0 Å². The number of carbonyl (C=O) groups excluding carboxylic acids is 1. The SMILES string of the molecule is CCc1ccccc1C(=O)c1cc(C2CCCC(c3ccccc3)C2)ccc1CC. The van der Waals surface area contributed by atoms with Crippen LogP contribution in [0, 0.1) is 0 Å². The first-order valence-electron chi connectivity index (χ1n) is 11.5. The van der Waals surface area contributed by atoms with Gasteiger partial charge in [-0.1, -0.05) is 87.0 Å². The first kappa shape index (κ1) is 20.6. The lowest BCUT2D eigenvalue weighted by molar-refractivity contribution is 0.103. The Morgan fingerprint density at radius 2 is 1.37 bits per heavy atom. The zero-order valence-corrected chi connectivity index (χ0v) is 18.2. The van der Waals surface area contributed by atoms with E-state index in [0.717, 1.165) is 35.1 Å². The van der Waals surface area contributed by atoms with Crippen molar-refractivity contribution in [2.45, 2.75) is 64.2 Å². The number of ketones is 1. The number of carbonyl (C=O) groups is 1. The molecule has 0 bridgehead atoms. The molecule has 2 atom stereocenters. The van der Waals surface area contributed by atoms with Crippen LogP contribution in [0.3, 0.4) is 0 Å². The van der Waals surface area contributed by atoms with E-state index in [1.54, 1.807) is 0 Å². The van der Waals surface area contributed by atoms with Crippen LogP contribution in [0.5, 0.6) is 0 Å². The average molecular weight is 397 g/mol. The third-order valence-electron chi connectivity index (χ3n) is 6.82. The molecule has 0 aliphatic heterocycles. The Balaban J connectivity index is 1.65. The second-order valence-electron chi connectivity index (χ2n) is 8.58. The summed E-state index contributed by atoms with van der Waals surface area (Å²) in [6, 6.07) is 25.7. The first-order chi connectivity index (χ1) is 14.7. The standard InChI is InChI=1S/C29H32O/c1-3-21-11-8-9-16-27(21)29(30)28-20-26(18-17-22(28)4-2)25-15-10-14-24(19-25)23-12-6-5-7-13-23/h5-9,11-13,16-18,20,24-25H,3-4,10,14-15,19H2,1-2H3. The highest BCUT2D eigenvalue weighted by Crippen LogP contribution is 2.41. The van der Waals surface area contributed by atoms with Crippen molar-refractivity contribution in [2.75, 3.05) is 0 Å². The zero-order valence-electron chi connectivity index (χ0n) is 18.2. The summed E-state index contributed by atoms with van der Waals surface area (Å²) in [4.78, 5) is 13.5. The zero-order chi connectivity index (χ0) is 20.9. The summed E-state index contributed by atoms with van der Waals surface area (Å²) in [6.45, 7) is 4.26. The van der Waals surface area contributed by atoms with Gasteiger partial charge < -0.3 is 0 Å². The van der Waals surface area contributed by atoms with E-state index in [1.165, 1.54) is 36.8 Å². The van der Waals surface area contributed by atoms with Crippen molar-refractivity contribution < 1.29 is 4.79 Å². The number of rotatable bonds is 6. The van der Waals surface area contributed by atoms with Crippen LogP contribution < -0.4 is 0 Å². The van der Waals surface area contributed by atoms with Crippen LogP contribution in [0.1, 0.15) is 89.5 Å². The summed E-state index contributed by atoms with van der Waals surface area (Å²) in [5, 5.41) is 0. The molecule has 1 aliphatic rings. The second-order valence-corrected chi connectivity index (χ2v) is 8.58. The molecule has 3 aromatic rings. The van der Waals surface area contributed by atoms with E-state index < -0.39 is 0 Å². The minimum Gasteiger partial charge on any atom is -0.289 e. The second kappa shape index (κ2) is 9.43. The molecular weight excluding hydrogens is 364 g/mol. The predicted octanol–water partition coefficient (Wildman–Crippen LogP) is 7.48. The van der Waals surface area contributed by atoms with Crippen molar-refractivity contribution in [3.63, 3.8) is 0 Å². The van der Waals surface area contributed by atoms with Gasteiger partial charge in [-0.2, -0.15) is 0 Å². The summed E-state index contributed by atoms with van der Waals surface area (Å²) < 4.78 is 0. The Morgan fingerprint density at radius 1 is 0.733 bits per heavy atom. The lowest BCUT2D eigenvalue weighted by atomic mass is 9.74. The average Bonchev–Trinajstić information content (AvgIpc) is 2.83. The van der Waals surface area contributed by atoms with Gasteiger partial charge in [-0.3, -0.25) is 4.79 Å². The molecule has 0 saturated heterocycles. The quantitative estimate of drug-likeness (QED) is 0.395. The van der Waals surface area contributed by atoms with Crippen LogP contribution in [-0.2, 0) is 12.8 Å². The summed E-state index contributed by atoms with van der Waals surface area (Å²) in [6.07, 6.45) is 6.67. The smallest absolute Gasteiger partial charge is 0.193 e. The van der Waals surface area contributed by atoms with E-state index in [-0.39, 0.29) is 5.78 Å². The van der Waals surface area contributed by atoms with Gasteiger partial charge in [-0.05, 0) is 72.3 Å². The van der Waals surface area contributed by atoms with Gasteiger partial charge in [0.1, 0.15) is 0 Å². The Labute approximate surface area is 181 Å². The molecule has 4 rings (SSSR count). The van der Waals surface area contributed by atoms with E-state index in [2.05, 4.69) is 68.4 Å². The molecule has 2 unspecified atom stereocenters. The van der Waals surface area contributed by atoms with Crippen LogP contribution in [-0.4, -0.2) is 5.78 Å². The Morgan fingerprint density at radius 3 is 2.10 bits per heavy atom. The van der Waals surface area contributed by atoms with Crippen molar-refractivity contribution in [2.24, 2.45) is 0 Å². The van der Waals surface area contributed by atoms with Crippen LogP contribution in [0.25, 0.3) is 0 Å². The summed E-state index contributed by atoms with van der Waals surface area (Å²) >= 11 is 0. The number of hydrogen-bond donors (Lipinski definition) is 0. The number of benzene rings is 3. The molecule has 1 nitrogen and oxygen atoms in total. The molecule has 154 valence electrons. The number of hydrogen-bond acceptors (Lipinski definition) is 1. The van der Waals surface area contributed by atoms with Gasteiger partial charge in [0.25, 0.3) is 0 Å². The molecule has 0 amide bonds. The fourth-order valence-corrected chi connectivity index (χ4v) is 5.08. The molecule has 1 saturated carbocycles. The highest BCUT2D eigenvalue weighted by molar-refractivity contribution is 6.11. The van der Waals surface area contributed by atoms with E-state index in [0.29, 0.717) is 11.8 Å². The largest absolute Gasteiger partial charge is 0.289 e. The first-order valence-corrected chi connectivity index (χ1v) is 11.5. The van der Waals surface area contributed by atoms with Crippen molar-refractivity contribution in [3.8, 4) is 0 Å². The molecule has 0 radical (unpaired) electrons. The van der Waals surface area contributed by atoms with Gasteiger partial charge >= 0.3 is 0 Å². The van der Waals surface area contributed by atoms with Crippen LogP contribution in [0.15, 0.2) is 72.8 Å². The molecule has 0 aromatic heterocycles. The minimum absolute atomic E-state index is 0.182. The van der Waals surface area contributed by atoms with Gasteiger partial charge in [-0.25, -0.2) is 0 Å². The third-order valence-corrected chi connectivity index (χ3v) is 6.82. The normalized spacial score (nSPS) is 18.9. The Hall–Kier alpha value is -2.67. The maximum atomic E-state index is 13.5. The van der Waals surface area contributed by atoms with Gasteiger partial charge in [0.2, 0.25) is 0 Å². The van der Waals surface area contributed by atoms with Crippen molar-refractivity contribution >= 4 is 5.78 Å². The molecule has 0 spiro atoms. The molecule has 0 heterocycles. The summed E-state index contributed by atoms with van der Waals surface area (Å²) in [7, 11) is 0. The van der Waals surface area contributed by atoms with Gasteiger partial charge in [0.05, 0.1) is 0 Å². The van der Waals surface area contributed by atoms with Gasteiger partial charge in [-0.15, -0.1) is 0 Å². The molecule has 1 aliphatic carbocycles. The Kier molecular flexibility index (Phi) is 6.47. The maximum absolute atomic E-state index is 13.5. The fraction of sp³-hybridized carbons (Fsp3) is 0.345. The predicted molar refractivity (Wildman–Crippen MR) is 125 cm³/mol. The monoisotopic (exact) mass is 396 g/mol. The van der Waals surface area contributed by atoms with Gasteiger partial charge in [0, 0.05) is 11.1 Å². The van der Waals surface area contributed by atoms with Crippen molar-refractivity contribution in [3.05, 3.63) is 106 Å². The molecular formula is C29H32O. The highest BCUT2D eigenvalue weighted by atomic mass is 16.1. The van der Waals surface area contributed by atoms with Crippen molar-refractivity contribution in [1.82, 2.24) is 0 Å². The Bertz CT molecular complexity index is 1000. The fourth-order valence-electron chi connectivity index (χ4n) is 5.08. The molecule has 3 aromatic carbocycles. The molecule has 0 N–H and O–H groups in total. The van der Waals surface area contributed by atoms with Crippen LogP contribution in [0.2, 0.25) is 0 Å². The van der Waals surface area contributed by atoms with E-state index >= 15 is 0 Å². The molecule has 1 fully saturated rings. The molecule has 1 heteroatoms. The van der Waals surface area contributed by atoms with Crippen LogP contribution >= 0.6 is 0 Å². The topological polar surface area (TPSA) is 17.1 Å². The van der Waals surface area contributed by atoms with E-state index in [9.17, 15) is 4.79 Å². The van der Waals surface area contributed by atoms with Crippen LogP contribution in [0.4, 0.5) is 0 Å². The summed E-state index contributed by atoms with van der Waals surface area (Å²) in [5.74, 6) is 1.33. The number of aryl methyl sites for hydroxylation is 2. The third kappa shape index (κ3) is 4.26.